The van der Waals surface area contributed by atoms with Crippen LogP contribution in [0.3, 0.4) is 0 Å². The maximum Gasteiger partial charge on any atom is 0.218 e. The third-order valence-electron chi connectivity index (χ3n) is 4.23. The maximum atomic E-state index is 12.7. The van der Waals surface area contributed by atoms with Crippen molar-refractivity contribution in [3.63, 3.8) is 0 Å². The van der Waals surface area contributed by atoms with Gasteiger partial charge in [-0.1, -0.05) is 79.7 Å². The zero-order valence-electron chi connectivity index (χ0n) is 15.6. The van der Waals surface area contributed by atoms with Gasteiger partial charge in [0.15, 0.2) is 5.50 Å². The van der Waals surface area contributed by atoms with Gasteiger partial charge in [-0.3, -0.25) is 9.80 Å². The highest BCUT2D eigenvalue weighted by atomic mass is 32.2. The zero-order chi connectivity index (χ0) is 20.0. The third kappa shape index (κ3) is 5.43. The van der Waals surface area contributed by atoms with Gasteiger partial charge in [0.05, 0.1) is 5.75 Å². The van der Waals surface area contributed by atoms with Gasteiger partial charge < -0.3 is 0 Å². The van der Waals surface area contributed by atoms with E-state index in [0.717, 1.165) is 35.3 Å². The van der Waals surface area contributed by atoms with E-state index < -0.39 is 15.5 Å². The van der Waals surface area contributed by atoms with Crippen LogP contribution in [0.4, 0.5) is 0 Å². The van der Waals surface area contributed by atoms with Crippen LogP contribution in [-0.2, 0) is 15.8 Å². The molecule has 1 heterocycles. The average Bonchev–Trinajstić information content (AvgIpc) is 3.08. The quantitative estimate of drug-likeness (QED) is 0.633. The molecule has 0 fully saturated rings. The van der Waals surface area contributed by atoms with Crippen LogP contribution in [0.15, 0.2) is 59.7 Å². The molecule has 2 aromatic carbocycles. The summed E-state index contributed by atoms with van der Waals surface area (Å²) in [4.78, 5) is 10.8. The fourth-order valence-corrected chi connectivity index (χ4v) is 5.44. The number of aldehydes is 1. The van der Waals surface area contributed by atoms with Crippen LogP contribution in [0.5, 0.6) is 0 Å². The lowest BCUT2D eigenvalue weighted by atomic mass is 10.2. The zero-order valence-corrected chi connectivity index (χ0v) is 17.2. The number of unbranched alkanes of at least 4 members (excludes halogenated alkanes) is 1. The normalized spacial score (nSPS) is 16.8. The maximum absolute atomic E-state index is 12.7. The molecule has 3 rings (SSSR count). The molecule has 0 saturated heterocycles. The predicted octanol–water partition coefficient (Wildman–Crippen LogP) is 3.41. The van der Waals surface area contributed by atoms with E-state index in [9.17, 15) is 13.2 Å². The fraction of sp³-hybridized carbons (Fsp3) is 0.300. The van der Waals surface area contributed by atoms with Crippen LogP contribution in [0.2, 0.25) is 0 Å². The second-order valence-electron chi connectivity index (χ2n) is 6.49. The Morgan fingerprint density at radius 2 is 1.86 bits per heavy atom. The molecule has 0 spiro atoms. The molecule has 148 valence electrons. The first kappa shape index (κ1) is 20.6. The summed E-state index contributed by atoms with van der Waals surface area (Å²) in [6, 6.07) is 16.2. The Morgan fingerprint density at radius 1 is 1.14 bits per heavy atom. The minimum atomic E-state index is -3.52. The van der Waals surface area contributed by atoms with Crippen molar-refractivity contribution in [2.75, 3.05) is 6.54 Å². The predicted molar refractivity (Wildman–Crippen MR) is 114 cm³/mol. The van der Waals surface area contributed by atoms with Crippen LogP contribution < -0.4 is 4.72 Å². The number of nitrogens with one attached hydrogen (secondary N) is 1. The minimum absolute atomic E-state index is 0.0735. The SMILES string of the molecule is CCCCN1N=C(c2ccc(C=O)cc2)SC1NS(=O)(=O)Cc1ccccc1. The summed E-state index contributed by atoms with van der Waals surface area (Å²) in [5, 5.41) is 7.15. The van der Waals surface area contributed by atoms with Gasteiger partial charge in [-0.25, -0.2) is 8.42 Å². The Kier molecular flexibility index (Phi) is 6.88. The van der Waals surface area contributed by atoms with Crippen molar-refractivity contribution >= 4 is 33.1 Å². The Labute approximate surface area is 170 Å². The van der Waals surface area contributed by atoms with Gasteiger partial charge >= 0.3 is 0 Å². The van der Waals surface area contributed by atoms with Gasteiger partial charge in [0.2, 0.25) is 10.0 Å². The Bertz CT molecular complexity index is 929. The van der Waals surface area contributed by atoms with Crippen molar-refractivity contribution in [2.45, 2.75) is 31.0 Å². The van der Waals surface area contributed by atoms with E-state index in [2.05, 4.69) is 16.7 Å². The Morgan fingerprint density at radius 3 is 2.50 bits per heavy atom. The number of thioether (sulfide) groups is 1. The summed E-state index contributed by atoms with van der Waals surface area (Å²) < 4.78 is 28.1. The highest BCUT2D eigenvalue weighted by Gasteiger charge is 2.31. The number of sulfonamides is 1. The van der Waals surface area contributed by atoms with Crippen molar-refractivity contribution in [1.29, 1.82) is 0 Å². The molecular weight excluding hydrogens is 394 g/mol. The van der Waals surface area contributed by atoms with Crippen molar-refractivity contribution in [3.8, 4) is 0 Å². The standard InChI is InChI=1S/C20H23N3O3S2/c1-2-3-13-23-20(22-28(25,26)15-17-7-5-4-6-8-17)27-19(21-23)18-11-9-16(14-24)10-12-18/h4-12,14,20,22H,2-3,13,15H2,1H3. The van der Waals surface area contributed by atoms with E-state index >= 15 is 0 Å². The molecule has 1 atom stereocenters. The van der Waals surface area contributed by atoms with Gasteiger partial charge in [0.1, 0.15) is 11.3 Å². The van der Waals surface area contributed by atoms with Crippen molar-refractivity contribution in [3.05, 3.63) is 71.3 Å². The summed E-state index contributed by atoms with van der Waals surface area (Å²) in [6.45, 7) is 2.75. The molecule has 0 amide bonds. The van der Waals surface area contributed by atoms with E-state index in [1.54, 1.807) is 29.3 Å². The molecule has 2 aromatic rings. The number of hydrogen-bond acceptors (Lipinski definition) is 6. The number of hydrogen-bond donors (Lipinski definition) is 1. The monoisotopic (exact) mass is 417 g/mol. The highest BCUT2D eigenvalue weighted by molar-refractivity contribution is 8.15. The molecule has 6 nitrogen and oxygen atoms in total. The molecule has 0 saturated carbocycles. The largest absolute Gasteiger partial charge is 0.298 e. The topological polar surface area (TPSA) is 78.8 Å². The van der Waals surface area contributed by atoms with E-state index in [4.69, 9.17) is 0 Å². The molecule has 8 heteroatoms. The van der Waals surface area contributed by atoms with Crippen LogP contribution in [0.1, 0.15) is 41.3 Å². The molecule has 0 bridgehead atoms. The molecule has 0 aliphatic carbocycles. The van der Waals surface area contributed by atoms with E-state index in [1.165, 1.54) is 11.8 Å². The van der Waals surface area contributed by atoms with E-state index in [1.807, 2.05) is 30.3 Å². The van der Waals surface area contributed by atoms with E-state index in [-0.39, 0.29) is 5.75 Å². The number of benzene rings is 2. The summed E-state index contributed by atoms with van der Waals surface area (Å²) >= 11 is 1.37. The first-order valence-electron chi connectivity index (χ1n) is 9.12. The summed E-state index contributed by atoms with van der Waals surface area (Å²) in [7, 11) is -3.52. The number of hydrazone groups is 1. The Hall–Kier alpha value is -2.16. The highest BCUT2D eigenvalue weighted by Crippen LogP contribution is 2.29. The van der Waals surface area contributed by atoms with Gasteiger partial charge in [0.25, 0.3) is 0 Å². The van der Waals surface area contributed by atoms with Crippen LogP contribution >= 0.6 is 11.8 Å². The second kappa shape index (κ2) is 9.36. The fourth-order valence-electron chi connectivity index (χ4n) is 2.75. The molecule has 1 aliphatic heterocycles. The second-order valence-corrected chi connectivity index (χ2v) is 9.32. The Balaban J connectivity index is 1.74. The van der Waals surface area contributed by atoms with Crippen molar-refractivity contribution in [2.24, 2.45) is 5.10 Å². The number of carbonyl (C=O) groups excluding carboxylic acids is 1. The summed E-state index contributed by atoms with van der Waals surface area (Å²) in [6.07, 6.45) is 2.70. The van der Waals surface area contributed by atoms with Crippen LogP contribution in [0, 0.1) is 0 Å². The number of carbonyl (C=O) groups is 1. The first-order chi connectivity index (χ1) is 13.5. The van der Waals surface area contributed by atoms with Crippen molar-refractivity contribution < 1.29 is 13.2 Å². The van der Waals surface area contributed by atoms with Gasteiger partial charge in [-0.15, -0.1) is 0 Å². The van der Waals surface area contributed by atoms with E-state index in [0.29, 0.717) is 12.1 Å². The first-order valence-corrected chi connectivity index (χ1v) is 11.7. The summed E-state index contributed by atoms with van der Waals surface area (Å²) in [5.74, 6) is -0.0735. The minimum Gasteiger partial charge on any atom is -0.298 e. The average molecular weight is 418 g/mol. The number of nitrogens with zero attached hydrogens (tertiary/aromatic N) is 2. The van der Waals surface area contributed by atoms with Gasteiger partial charge in [0, 0.05) is 17.7 Å². The molecule has 1 aliphatic rings. The number of rotatable bonds is 9. The smallest absolute Gasteiger partial charge is 0.218 e. The third-order valence-corrected chi connectivity index (χ3v) is 6.80. The molecular formula is C20H23N3O3S2. The summed E-state index contributed by atoms with van der Waals surface area (Å²) in [5.41, 5.74) is 1.71. The lowest BCUT2D eigenvalue weighted by Gasteiger charge is -2.23. The van der Waals surface area contributed by atoms with Crippen molar-refractivity contribution in [1.82, 2.24) is 9.73 Å². The lowest BCUT2D eigenvalue weighted by molar-refractivity contribution is 0.112. The van der Waals surface area contributed by atoms with Gasteiger partial charge in [-0.05, 0) is 12.0 Å². The molecule has 28 heavy (non-hydrogen) atoms. The van der Waals surface area contributed by atoms with Crippen LogP contribution in [-0.4, -0.2) is 36.8 Å². The molecule has 0 radical (unpaired) electrons. The molecule has 0 aromatic heterocycles. The molecule has 1 unspecified atom stereocenters. The van der Waals surface area contributed by atoms with Gasteiger partial charge in [-0.2, -0.15) is 9.82 Å². The molecule has 1 N–H and O–H groups in total. The van der Waals surface area contributed by atoms with Crippen LogP contribution in [0.25, 0.3) is 0 Å². The lowest BCUT2D eigenvalue weighted by Crippen LogP contribution is -2.42.